The molecule has 1 aliphatic heterocycles. The number of fused-ring (bicyclic) bond motifs is 3. The van der Waals surface area contributed by atoms with Crippen molar-refractivity contribution < 1.29 is 18.7 Å². The number of carbonyl (C=O) groups is 1. The van der Waals surface area contributed by atoms with Crippen molar-refractivity contribution in [2.24, 2.45) is 0 Å². The first kappa shape index (κ1) is 17.9. The van der Waals surface area contributed by atoms with Gasteiger partial charge >= 0.3 is 0 Å². The SMILES string of the molecule is COc1ccc(F)c(C(C)NC(=O)c2ccc3c(c2)COc2cncnc2-3)c1. The van der Waals surface area contributed by atoms with E-state index < -0.39 is 11.9 Å². The third-order valence-electron chi connectivity index (χ3n) is 4.70. The lowest BCUT2D eigenvalue weighted by molar-refractivity contribution is 0.0939. The number of ether oxygens (including phenoxy) is 2. The Bertz CT molecular complexity index is 1050. The third-order valence-corrected chi connectivity index (χ3v) is 4.70. The molecule has 6 nitrogen and oxygen atoms in total. The molecule has 1 N–H and O–H groups in total. The summed E-state index contributed by atoms with van der Waals surface area (Å²) in [5, 5.41) is 2.83. The third kappa shape index (κ3) is 3.26. The Morgan fingerprint density at radius 2 is 2.14 bits per heavy atom. The zero-order chi connectivity index (χ0) is 19.7. The van der Waals surface area contributed by atoms with Gasteiger partial charge in [-0.3, -0.25) is 4.79 Å². The van der Waals surface area contributed by atoms with Gasteiger partial charge in [0.25, 0.3) is 5.91 Å². The van der Waals surface area contributed by atoms with E-state index in [4.69, 9.17) is 9.47 Å². The summed E-state index contributed by atoms with van der Waals surface area (Å²) >= 11 is 0. The molecule has 0 saturated carbocycles. The predicted octanol–water partition coefficient (Wildman–Crippen LogP) is 3.67. The molecule has 0 aliphatic carbocycles. The molecule has 3 aromatic rings. The van der Waals surface area contributed by atoms with E-state index in [0.717, 1.165) is 11.1 Å². The molecule has 7 heteroatoms. The molecule has 2 aromatic carbocycles. The average Bonchev–Trinajstić information content (AvgIpc) is 2.73. The van der Waals surface area contributed by atoms with Crippen molar-refractivity contribution in [3.8, 4) is 22.8 Å². The Hall–Kier alpha value is -3.48. The maximum atomic E-state index is 14.1. The molecule has 0 radical (unpaired) electrons. The highest BCUT2D eigenvalue weighted by Gasteiger charge is 2.21. The van der Waals surface area contributed by atoms with Crippen molar-refractivity contribution in [3.63, 3.8) is 0 Å². The van der Waals surface area contributed by atoms with Gasteiger partial charge < -0.3 is 14.8 Å². The molecule has 0 saturated heterocycles. The smallest absolute Gasteiger partial charge is 0.251 e. The van der Waals surface area contributed by atoms with E-state index in [1.165, 1.54) is 25.6 Å². The van der Waals surface area contributed by atoms with E-state index >= 15 is 0 Å². The summed E-state index contributed by atoms with van der Waals surface area (Å²) < 4.78 is 24.9. The molecule has 1 aromatic heterocycles. The predicted molar refractivity (Wildman–Crippen MR) is 101 cm³/mol. The van der Waals surface area contributed by atoms with Crippen LogP contribution >= 0.6 is 0 Å². The monoisotopic (exact) mass is 379 g/mol. The molecule has 1 amide bonds. The molecule has 4 rings (SSSR count). The highest BCUT2D eigenvalue weighted by atomic mass is 19.1. The Kier molecular flexibility index (Phi) is 4.65. The molecule has 2 heterocycles. The second kappa shape index (κ2) is 7.26. The zero-order valence-corrected chi connectivity index (χ0v) is 15.4. The van der Waals surface area contributed by atoms with Crippen molar-refractivity contribution in [1.82, 2.24) is 15.3 Å². The number of nitrogens with zero attached hydrogens (tertiary/aromatic N) is 2. The summed E-state index contributed by atoms with van der Waals surface area (Å²) in [6, 6.07) is 9.26. The van der Waals surface area contributed by atoms with Gasteiger partial charge in [-0.15, -0.1) is 0 Å². The van der Waals surface area contributed by atoms with Gasteiger partial charge in [-0.2, -0.15) is 0 Å². The number of methoxy groups -OCH3 is 1. The van der Waals surface area contributed by atoms with Gasteiger partial charge in [0.2, 0.25) is 0 Å². The number of benzene rings is 2. The van der Waals surface area contributed by atoms with Crippen LogP contribution in [0.1, 0.15) is 34.5 Å². The Labute approximate surface area is 161 Å². The van der Waals surface area contributed by atoms with Crippen molar-refractivity contribution in [1.29, 1.82) is 0 Å². The molecule has 28 heavy (non-hydrogen) atoms. The lowest BCUT2D eigenvalue weighted by Gasteiger charge is -2.20. The summed E-state index contributed by atoms with van der Waals surface area (Å²) in [6.07, 6.45) is 3.08. The molecule has 1 unspecified atom stereocenters. The number of rotatable bonds is 4. The molecular weight excluding hydrogens is 361 g/mol. The highest BCUT2D eigenvalue weighted by Crippen LogP contribution is 2.35. The zero-order valence-electron chi connectivity index (χ0n) is 15.4. The normalized spacial score (nSPS) is 13.0. The van der Waals surface area contributed by atoms with Gasteiger partial charge in [-0.1, -0.05) is 6.07 Å². The highest BCUT2D eigenvalue weighted by molar-refractivity contribution is 5.95. The largest absolute Gasteiger partial charge is 0.497 e. The molecule has 1 atom stereocenters. The number of aromatic nitrogens is 2. The minimum atomic E-state index is -0.525. The van der Waals surface area contributed by atoms with Gasteiger partial charge in [0.05, 0.1) is 19.3 Å². The van der Waals surface area contributed by atoms with E-state index in [2.05, 4.69) is 15.3 Å². The standard InChI is InChI=1S/C21H18FN3O3/c1-12(17-8-15(27-2)4-6-18(17)22)25-21(26)13-3-5-16-14(7-13)10-28-19-9-23-11-24-20(16)19/h3-9,11-12H,10H2,1-2H3,(H,25,26). The topological polar surface area (TPSA) is 73.3 Å². The molecular formula is C21H18FN3O3. The van der Waals surface area contributed by atoms with Crippen LogP contribution < -0.4 is 14.8 Å². The Morgan fingerprint density at radius 1 is 1.29 bits per heavy atom. The van der Waals surface area contributed by atoms with E-state index in [0.29, 0.717) is 34.9 Å². The second-order valence-electron chi connectivity index (χ2n) is 6.48. The molecule has 0 spiro atoms. The second-order valence-corrected chi connectivity index (χ2v) is 6.48. The first-order chi connectivity index (χ1) is 13.6. The number of amides is 1. The van der Waals surface area contributed by atoms with E-state index in [1.54, 1.807) is 31.3 Å². The van der Waals surface area contributed by atoms with Crippen LogP contribution in [0.15, 0.2) is 48.9 Å². The fourth-order valence-electron chi connectivity index (χ4n) is 3.20. The number of halogens is 1. The summed E-state index contributed by atoms with van der Waals surface area (Å²) in [6.45, 7) is 2.06. The Morgan fingerprint density at radius 3 is 2.96 bits per heavy atom. The van der Waals surface area contributed by atoms with Crippen LogP contribution in [-0.4, -0.2) is 23.0 Å². The number of carbonyl (C=O) groups excluding carboxylic acids is 1. The van der Waals surface area contributed by atoms with E-state index in [-0.39, 0.29) is 5.91 Å². The first-order valence-electron chi connectivity index (χ1n) is 8.77. The average molecular weight is 379 g/mol. The van der Waals surface area contributed by atoms with Gasteiger partial charge in [0.1, 0.15) is 30.2 Å². The van der Waals surface area contributed by atoms with Crippen molar-refractivity contribution in [3.05, 3.63) is 71.4 Å². The molecule has 0 bridgehead atoms. The van der Waals surface area contributed by atoms with Crippen LogP contribution in [0.4, 0.5) is 4.39 Å². The summed E-state index contributed by atoms with van der Waals surface area (Å²) in [7, 11) is 1.51. The van der Waals surface area contributed by atoms with E-state index in [9.17, 15) is 9.18 Å². The van der Waals surface area contributed by atoms with Crippen molar-refractivity contribution in [2.75, 3.05) is 7.11 Å². The summed E-state index contributed by atoms with van der Waals surface area (Å²) in [5.41, 5.74) is 3.30. The number of hydrogen-bond donors (Lipinski definition) is 1. The summed E-state index contributed by atoms with van der Waals surface area (Å²) in [4.78, 5) is 20.9. The maximum Gasteiger partial charge on any atom is 0.251 e. The molecule has 0 fully saturated rings. The molecule has 1 aliphatic rings. The van der Waals surface area contributed by atoms with Crippen LogP contribution in [0, 0.1) is 5.82 Å². The van der Waals surface area contributed by atoms with Crippen LogP contribution in [0.25, 0.3) is 11.3 Å². The maximum absolute atomic E-state index is 14.1. The van der Waals surface area contributed by atoms with Crippen LogP contribution in [0.3, 0.4) is 0 Å². The number of nitrogens with one attached hydrogen (secondary N) is 1. The van der Waals surface area contributed by atoms with Gasteiger partial charge in [-0.25, -0.2) is 14.4 Å². The van der Waals surface area contributed by atoms with Crippen LogP contribution in [0.5, 0.6) is 11.5 Å². The fourth-order valence-corrected chi connectivity index (χ4v) is 3.20. The van der Waals surface area contributed by atoms with Gasteiger partial charge in [-0.05, 0) is 42.8 Å². The van der Waals surface area contributed by atoms with Crippen LogP contribution in [0.2, 0.25) is 0 Å². The fraction of sp³-hybridized carbons (Fsp3) is 0.190. The Balaban J connectivity index is 1.57. The lowest BCUT2D eigenvalue weighted by atomic mass is 9.98. The van der Waals surface area contributed by atoms with Crippen molar-refractivity contribution in [2.45, 2.75) is 19.6 Å². The van der Waals surface area contributed by atoms with Crippen LogP contribution in [-0.2, 0) is 6.61 Å². The lowest BCUT2D eigenvalue weighted by Crippen LogP contribution is -2.27. The minimum Gasteiger partial charge on any atom is -0.497 e. The van der Waals surface area contributed by atoms with Crippen molar-refractivity contribution >= 4 is 5.91 Å². The number of hydrogen-bond acceptors (Lipinski definition) is 5. The quantitative estimate of drug-likeness (QED) is 0.749. The van der Waals surface area contributed by atoms with Gasteiger partial charge in [0.15, 0.2) is 5.75 Å². The minimum absolute atomic E-state index is 0.300. The summed E-state index contributed by atoms with van der Waals surface area (Å²) in [5.74, 6) is 0.452. The van der Waals surface area contributed by atoms with E-state index in [1.807, 2.05) is 6.07 Å². The van der Waals surface area contributed by atoms with Gasteiger partial charge in [0, 0.05) is 16.7 Å². The molecule has 142 valence electrons. The first-order valence-corrected chi connectivity index (χ1v) is 8.77.